The summed E-state index contributed by atoms with van der Waals surface area (Å²) in [5.74, 6) is 0.545. The van der Waals surface area contributed by atoms with Crippen LogP contribution in [0.2, 0.25) is 0 Å². The minimum atomic E-state index is -0.756. The van der Waals surface area contributed by atoms with Gasteiger partial charge in [0.05, 0.1) is 20.3 Å². The van der Waals surface area contributed by atoms with Crippen molar-refractivity contribution in [3.8, 4) is 11.8 Å². The fourth-order valence-electron chi connectivity index (χ4n) is 1.47. The molecule has 19 heavy (non-hydrogen) atoms. The molecule has 1 rings (SSSR count). The maximum Gasteiger partial charge on any atom is 0.303 e. The molecule has 7 heteroatoms. The Morgan fingerprint density at radius 3 is 2.37 bits per heavy atom. The Labute approximate surface area is 112 Å². The number of aromatic nitrogens is 2. The van der Waals surface area contributed by atoms with E-state index in [1.807, 2.05) is 0 Å². The van der Waals surface area contributed by atoms with Crippen LogP contribution < -0.4 is 14.8 Å². The summed E-state index contributed by atoms with van der Waals surface area (Å²) in [6.07, 6.45) is 2.60. The number of nitrogens with one attached hydrogen (secondary N) is 1. The SMILES string of the molecule is COc1cc(OC)nc(NCCCCCC(=O)O)n1. The van der Waals surface area contributed by atoms with Crippen molar-refractivity contribution in [1.29, 1.82) is 0 Å². The molecule has 2 N–H and O–H groups in total. The summed E-state index contributed by atoms with van der Waals surface area (Å²) in [5.41, 5.74) is 0. The van der Waals surface area contributed by atoms with Crippen LogP contribution in [0.1, 0.15) is 25.7 Å². The Morgan fingerprint density at radius 2 is 1.84 bits per heavy atom. The topological polar surface area (TPSA) is 93.6 Å². The first kappa shape index (κ1) is 15.0. The number of carboxylic acids is 1. The van der Waals surface area contributed by atoms with E-state index in [9.17, 15) is 4.79 Å². The highest BCUT2D eigenvalue weighted by Crippen LogP contribution is 2.17. The first-order valence-electron chi connectivity index (χ1n) is 6.08. The molecule has 0 fully saturated rings. The predicted octanol–water partition coefficient (Wildman–Crippen LogP) is 1.55. The normalized spacial score (nSPS) is 10.0. The number of rotatable bonds is 9. The molecular formula is C12H19N3O4. The molecule has 0 aliphatic heterocycles. The van der Waals surface area contributed by atoms with Crippen LogP contribution in [-0.4, -0.2) is 41.8 Å². The molecule has 0 saturated heterocycles. The quantitative estimate of drug-likeness (QED) is 0.657. The van der Waals surface area contributed by atoms with Crippen molar-refractivity contribution >= 4 is 11.9 Å². The van der Waals surface area contributed by atoms with Crippen LogP contribution in [0.15, 0.2) is 6.07 Å². The zero-order chi connectivity index (χ0) is 14.1. The molecule has 0 amide bonds. The van der Waals surface area contributed by atoms with E-state index < -0.39 is 5.97 Å². The molecule has 0 radical (unpaired) electrons. The minimum Gasteiger partial charge on any atom is -0.481 e. The fourth-order valence-corrected chi connectivity index (χ4v) is 1.47. The van der Waals surface area contributed by atoms with E-state index in [0.29, 0.717) is 30.7 Å². The number of nitrogens with zero attached hydrogens (tertiary/aromatic N) is 2. The third kappa shape index (κ3) is 5.89. The number of carbonyl (C=O) groups is 1. The highest BCUT2D eigenvalue weighted by Gasteiger charge is 2.04. The maximum absolute atomic E-state index is 10.3. The van der Waals surface area contributed by atoms with Gasteiger partial charge in [0, 0.05) is 13.0 Å². The molecule has 0 atom stereocenters. The molecule has 0 bridgehead atoms. The minimum absolute atomic E-state index is 0.212. The summed E-state index contributed by atoms with van der Waals surface area (Å²) in [6.45, 7) is 0.677. The molecule has 0 saturated carbocycles. The fraction of sp³-hybridized carbons (Fsp3) is 0.583. The highest BCUT2D eigenvalue weighted by molar-refractivity contribution is 5.66. The largest absolute Gasteiger partial charge is 0.481 e. The number of aliphatic carboxylic acids is 1. The van der Waals surface area contributed by atoms with E-state index in [1.54, 1.807) is 6.07 Å². The molecular weight excluding hydrogens is 250 g/mol. The Balaban J connectivity index is 2.34. The molecule has 1 aromatic heterocycles. The molecule has 0 unspecified atom stereocenters. The van der Waals surface area contributed by atoms with Crippen LogP contribution in [-0.2, 0) is 4.79 Å². The number of hydrogen-bond acceptors (Lipinski definition) is 6. The molecule has 0 spiro atoms. The van der Waals surface area contributed by atoms with Gasteiger partial charge in [0.25, 0.3) is 0 Å². The highest BCUT2D eigenvalue weighted by atomic mass is 16.5. The second-order valence-corrected chi connectivity index (χ2v) is 3.91. The van der Waals surface area contributed by atoms with Crippen molar-refractivity contribution in [1.82, 2.24) is 9.97 Å². The first-order chi connectivity index (χ1) is 9.15. The number of carboxylic acid groups (broad SMARTS) is 1. The number of methoxy groups -OCH3 is 2. The third-order valence-electron chi connectivity index (χ3n) is 2.45. The number of ether oxygens (including phenoxy) is 2. The van der Waals surface area contributed by atoms with Gasteiger partial charge in [-0.2, -0.15) is 9.97 Å². The maximum atomic E-state index is 10.3. The van der Waals surface area contributed by atoms with Gasteiger partial charge in [-0.1, -0.05) is 6.42 Å². The molecule has 0 aliphatic carbocycles. The van der Waals surface area contributed by atoms with E-state index in [4.69, 9.17) is 14.6 Å². The van der Waals surface area contributed by atoms with Crippen molar-refractivity contribution in [2.75, 3.05) is 26.1 Å². The summed E-state index contributed by atoms with van der Waals surface area (Å²) < 4.78 is 10.1. The van der Waals surface area contributed by atoms with Crippen molar-refractivity contribution in [2.24, 2.45) is 0 Å². The average molecular weight is 269 g/mol. The third-order valence-corrected chi connectivity index (χ3v) is 2.45. The lowest BCUT2D eigenvalue weighted by molar-refractivity contribution is -0.137. The first-order valence-corrected chi connectivity index (χ1v) is 6.08. The number of unbranched alkanes of at least 4 members (excludes halogenated alkanes) is 2. The summed E-state index contributed by atoms with van der Waals surface area (Å²) in [7, 11) is 3.05. The Hall–Kier alpha value is -2.05. The van der Waals surface area contributed by atoms with Gasteiger partial charge in [0.1, 0.15) is 0 Å². The molecule has 7 nitrogen and oxygen atoms in total. The Bertz CT molecular complexity index is 390. The summed E-state index contributed by atoms with van der Waals surface area (Å²) in [4.78, 5) is 18.6. The number of hydrogen-bond donors (Lipinski definition) is 2. The summed E-state index contributed by atoms with van der Waals surface area (Å²) in [6, 6.07) is 1.60. The molecule has 106 valence electrons. The monoisotopic (exact) mass is 269 g/mol. The van der Waals surface area contributed by atoms with E-state index in [1.165, 1.54) is 14.2 Å². The van der Waals surface area contributed by atoms with Crippen molar-refractivity contribution in [3.05, 3.63) is 6.07 Å². The Morgan fingerprint density at radius 1 is 1.21 bits per heavy atom. The number of anilines is 1. The van der Waals surface area contributed by atoms with Crippen LogP contribution in [0.4, 0.5) is 5.95 Å². The van der Waals surface area contributed by atoms with Crippen molar-refractivity contribution in [2.45, 2.75) is 25.7 Å². The lowest BCUT2D eigenvalue weighted by Gasteiger charge is -2.08. The van der Waals surface area contributed by atoms with Gasteiger partial charge >= 0.3 is 5.97 Å². The Kier molecular flexibility index (Phi) is 6.42. The molecule has 0 aromatic carbocycles. The standard InChI is InChI=1S/C12H19N3O4/c1-18-9-8-10(19-2)15-12(14-9)13-7-5-3-4-6-11(16)17/h8H,3-7H2,1-2H3,(H,16,17)(H,13,14,15). The van der Waals surface area contributed by atoms with Crippen LogP contribution in [0.25, 0.3) is 0 Å². The zero-order valence-electron chi connectivity index (χ0n) is 11.2. The lowest BCUT2D eigenvalue weighted by atomic mass is 10.2. The van der Waals surface area contributed by atoms with Gasteiger partial charge in [0.15, 0.2) is 0 Å². The van der Waals surface area contributed by atoms with Crippen LogP contribution >= 0.6 is 0 Å². The summed E-state index contributed by atoms with van der Waals surface area (Å²) >= 11 is 0. The average Bonchev–Trinajstić information content (AvgIpc) is 2.41. The van der Waals surface area contributed by atoms with Gasteiger partial charge in [-0.05, 0) is 12.8 Å². The van der Waals surface area contributed by atoms with Gasteiger partial charge in [-0.25, -0.2) is 0 Å². The zero-order valence-corrected chi connectivity index (χ0v) is 11.2. The van der Waals surface area contributed by atoms with E-state index >= 15 is 0 Å². The van der Waals surface area contributed by atoms with Gasteiger partial charge in [0.2, 0.25) is 17.7 Å². The molecule has 1 aromatic rings. The van der Waals surface area contributed by atoms with E-state index in [-0.39, 0.29) is 6.42 Å². The van der Waals surface area contributed by atoms with Crippen LogP contribution in [0.5, 0.6) is 11.8 Å². The molecule has 1 heterocycles. The summed E-state index contributed by atoms with van der Waals surface area (Å²) in [5, 5.41) is 11.6. The van der Waals surface area contributed by atoms with Crippen molar-refractivity contribution < 1.29 is 19.4 Å². The second kappa shape index (κ2) is 8.12. The van der Waals surface area contributed by atoms with E-state index in [2.05, 4.69) is 15.3 Å². The van der Waals surface area contributed by atoms with E-state index in [0.717, 1.165) is 12.8 Å². The van der Waals surface area contributed by atoms with Crippen molar-refractivity contribution in [3.63, 3.8) is 0 Å². The lowest BCUT2D eigenvalue weighted by Crippen LogP contribution is -2.07. The van der Waals surface area contributed by atoms with Crippen LogP contribution in [0, 0.1) is 0 Å². The predicted molar refractivity (Wildman–Crippen MR) is 69.7 cm³/mol. The van der Waals surface area contributed by atoms with Gasteiger partial charge < -0.3 is 19.9 Å². The second-order valence-electron chi connectivity index (χ2n) is 3.91. The van der Waals surface area contributed by atoms with Crippen LogP contribution in [0.3, 0.4) is 0 Å². The van der Waals surface area contributed by atoms with Gasteiger partial charge in [-0.3, -0.25) is 4.79 Å². The van der Waals surface area contributed by atoms with Gasteiger partial charge in [-0.15, -0.1) is 0 Å². The smallest absolute Gasteiger partial charge is 0.303 e. The molecule has 0 aliphatic rings.